The van der Waals surface area contributed by atoms with E-state index in [-0.39, 0.29) is 16.8 Å². The third kappa shape index (κ3) is 1.97. The lowest BCUT2D eigenvalue weighted by Gasteiger charge is -2.22. The third-order valence-electron chi connectivity index (χ3n) is 3.58. The zero-order valence-electron chi connectivity index (χ0n) is 10.9. The maximum absolute atomic E-state index is 13.9. The van der Waals surface area contributed by atoms with Crippen molar-refractivity contribution < 1.29 is 27.5 Å². The van der Waals surface area contributed by atoms with Gasteiger partial charge in [0.05, 0.1) is 5.56 Å². The van der Waals surface area contributed by atoms with Gasteiger partial charge in [-0.1, -0.05) is 24.3 Å². The van der Waals surface area contributed by atoms with Gasteiger partial charge in [0.2, 0.25) is 0 Å². The van der Waals surface area contributed by atoms with E-state index in [4.69, 9.17) is 0 Å². The molecule has 0 spiro atoms. The molecule has 3 rings (SSSR count). The van der Waals surface area contributed by atoms with Crippen LogP contribution in [0.1, 0.15) is 16.7 Å². The molecule has 3 nitrogen and oxygen atoms in total. The molecule has 0 radical (unpaired) electrons. The zero-order valence-corrected chi connectivity index (χ0v) is 10.9. The zero-order chi connectivity index (χ0) is 16.1. The lowest BCUT2D eigenvalue weighted by Crippen LogP contribution is -2.36. The molecular formula is C15H9F4NO2. The molecule has 2 N–H and O–H groups in total. The van der Waals surface area contributed by atoms with E-state index in [1.165, 1.54) is 18.2 Å². The summed E-state index contributed by atoms with van der Waals surface area (Å²) in [6.07, 6.45) is -4.58. The van der Waals surface area contributed by atoms with E-state index in [1.807, 2.05) is 0 Å². The second-order valence-electron chi connectivity index (χ2n) is 4.90. The van der Waals surface area contributed by atoms with Crippen molar-refractivity contribution >= 4 is 11.6 Å². The number of carbonyl (C=O) groups excluding carboxylic acids is 1. The number of anilines is 1. The Labute approximate surface area is 122 Å². The number of nitrogens with one attached hydrogen (secondary N) is 1. The second-order valence-corrected chi connectivity index (χ2v) is 4.90. The van der Waals surface area contributed by atoms with Gasteiger partial charge in [-0.25, -0.2) is 4.39 Å². The highest BCUT2D eigenvalue weighted by Crippen LogP contribution is 2.43. The maximum atomic E-state index is 13.9. The van der Waals surface area contributed by atoms with Gasteiger partial charge in [0.1, 0.15) is 5.82 Å². The van der Waals surface area contributed by atoms with Gasteiger partial charge in [-0.15, -0.1) is 0 Å². The highest BCUT2D eigenvalue weighted by atomic mass is 19.4. The Balaban J connectivity index is 2.19. The van der Waals surface area contributed by atoms with Gasteiger partial charge in [0, 0.05) is 16.8 Å². The molecule has 0 saturated heterocycles. The molecule has 1 amide bonds. The minimum atomic E-state index is -4.58. The van der Waals surface area contributed by atoms with Crippen LogP contribution in [-0.2, 0) is 16.6 Å². The summed E-state index contributed by atoms with van der Waals surface area (Å²) >= 11 is 0. The summed E-state index contributed by atoms with van der Waals surface area (Å²) < 4.78 is 52.0. The third-order valence-corrected chi connectivity index (χ3v) is 3.58. The highest BCUT2D eigenvalue weighted by Gasteiger charge is 2.49. The molecule has 22 heavy (non-hydrogen) atoms. The molecule has 0 fully saturated rings. The standard InChI is InChI=1S/C15H9F4NO2/c16-11-4-2-1-3-9(11)14(22)10-6-5-8(15(17,18)19)7-12(10)20-13(14)21/h1-7,22H,(H,20,21). The van der Waals surface area contributed by atoms with Gasteiger partial charge in [-0.2, -0.15) is 13.2 Å². The molecular weight excluding hydrogens is 302 g/mol. The van der Waals surface area contributed by atoms with Crippen LogP contribution >= 0.6 is 0 Å². The molecule has 0 aliphatic carbocycles. The smallest absolute Gasteiger partial charge is 0.372 e. The van der Waals surface area contributed by atoms with Crippen molar-refractivity contribution in [2.75, 3.05) is 5.32 Å². The molecule has 2 aromatic carbocycles. The number of fused-ring (bicyclic) bond motifs is 1. The van der Waals surface area contributed by atoms with E-state index < -0.39 is 29.1 Å². The number of carbonyl (C=O) groups is 1. The Morgan fingerprint density at radius 2 is 1.73 bits per heavy atom. The molecule has 1 aliphatic heterocycles. The molecule has 1 heterocycles. The van der Waals surface area contributed by atoms with E-state index in [0.29, 0.717) is 6.07 Å². The number of alkyl halides is 3. The summed E-state index contributed by atoms with van der Waals surface area (Å²) in [5.41, 5.74) is -3.94. The second kappa shape index (κ2) is 4.54. The molecule has 0 bridgehead atoms. The Bertz CT molecular complexity index is 772. The van der Waals surface area contributed by atoms with Gasteiger partial charge >= 0.3 is 6.18 Å². The number of amides is 1. The average Bonchev–Trinajstić information content (AvgIpc) is 2.70. The maximum Gasteiger partial charge on any atom is 0.416 e. The van der Waals surface area contributed by atoms with Crippen molar-refractivity contribution in [3.63, 3.8) is 0 Å². The number of halogens is 4. The molecule has 114 valence electrons. The van der Waals surface area contributed by atoms with Gasteiger partial charge in [0.25, 0.3) is 5.91 Å². The first kappa shape index (κ1) is 14.5. The van der Waals surface area contributed by atoms with Crippen LogP contribution in [0.15, 0.2) is 42.5 Å². The largest absolute Gasteiger partial charge is 0.416 e. The molecule has 1 aliphatic rings. The van der Waals surface area contributed by atoms with Crippen LogP contribution in [-0.4, -0.2) is 11.0 Å². The van der Waals surface area contributed by atoms with Crippen molar-refractivity contribution in [2.45, 2.75) is 11.8 Å². The van der Waals surface area contributed by atoms with Crippen LogP contribution in [0.5, 0.6) is 0 Å². The summed E-state index contributed by atoms with van der Waals surface area (Å²) in [6.45, 7) is 0. The Morgan fingerprint density at radius 3 is 2.36 bits per heavy atom. The first-order chi connectivity index (χ1) is 10.2. The molecule has 1 atom stereocenters. The van der Waals surface area contributed by atoms with E-state index in [2.05, 4.69) is 5.32 Å². The van der Waals surface area contributed by atoms with Crippen LogP contribution in [0.2, 0.25) is 0 Å². The molecule has 1 unspecified atom stereocenters. The van der Waals surface area contributed by atoms with Gasteiger partial charge in [-0.3, -0.25) is 4.79 Å². The Kier molecular flexibility index (Phi) is 3.00. The number of hydrogen-bond acceptors (Lipinski definition) is 2. The first-order valence-corrected chi connectivity index (χ1v) is 6.25. The van der Waals surface area contributed by atoms with Crippen molar-refractivity contribution in [1.29, 1.82) is 0 Å². The van der Waals surface area contributed by atoms with Gasteiger partial charge in [-0.05, 0) is 18.2 Å². The van der Waals surface area contributed by atoms with Gasteiger partial charge in [0.15, 0.2) is 5.60 Å². The van der Waals surface area contributed by atoms with E-state index >= 15 is 0 Å². The predicted octanol–water partition coefficient (Wildman–Crippen LogP) is 3.03. The molecule has 7 heteroatoms. The number of aliphatic hydroxyl groups is 1. The SMILES string of the molecule is O=C1Nc2cc(C(F)(F)F)ccc2C1(O)c1ccccc1F. The van der Waals surface area contributed by atoms with E-state index in [1.54, 1.807) is 0 Å². The summed E-state index contributed by atoms with van der Waals surface area (Å²) in [4.78, 5) is 12.1. The van der Waals surface area contributed by atoms with Crippen LogP contribution < -0.4 is 5.32 Å². The summed E-state index contributed by atoms with van der Waals surface area (Å²) in [5, 5.41) is 12.8. The van der Waals surface area contributed by atoms with Gasteiger partial charge < -0.3 is 10.4 Å². The first-order valence-electron chi connectivity index (χ1n) is 6.25. The van der Waals surface area contributed by atoms with Crippen molar-refractivity contribution in [1.82, 2.24) is 0 Å². The summed E-state index contributed by atoms with van der Waals surface area (Å²) in [6, 6.07) is 7.50. The highest BCUT2D eigenvalue weighted by molar-refractivity contribution is 6.07. The lowest BCUT2D eigenvalue weighted by atomic mass is 9.87. The summed E-state index contributed by atoms with van der Waals surface area (Å²) in [5.74, 6) is -1.82. The molecule has 0 aromatic heterocycles. The predicted molar refractivity (Wildman–Crippen MR) is 69.5 cm³/mol. The minimum absolute atomic E-state index is 0.115. The lowest BCUT2D eigenvalue weighted by molar-refractivity contribution is -0.137. The van der Waals surface area contributed by atoms with Crippen LogP contribution in [0.25, 0.3) is 0 Å². The van der Waals surface area contributed by atoms with Crippen LogP contribution in [0.3, 0.4) is 0 Å². The summed E-state index contributed by atoms with van der Waals surface area (Å²) in [7, 11) is 0. The van der Waals surface area contributed by atoms with E-state index in [0.717, 1.165) is 18.2 Å². The van der Waals surface area contributed by atoms with Crippen molar-refractivity contribution in [3.05, 3.63) is 65.0 Å². The normalized spacial score (nSPS) is 20.7. The van der Waals surface area contributed by atoms with Crippen molar-refractivity contribution in [2.24, 2.45) is 0 Å². The van der Waals surface area contributed by atoms with Crippen LogP contribution in [0.4, 0.5) is 23.2 Å². The molecule has 0 saturated carbocycles. The average molecular weight is 311 g/mol. The fraction of sp³-hybridized carbons (Fsp3) is 0.133. The van der Waals surface area contributed by atoms with E-state index in [9.17, 15) is 27.5 Å². The monoisotopic (exact) mass is 311 g/mol. The fourth-order valence-electron chi connectivity index (χ4n) is 2.50. The quantitative estimate of drug-likeness (QED) is 0.795. The van der Waals surface area contributed by atoms with Crippen LogP contribution in [0, 0.1) is 5.82 Å². The Morgan fingerprint density at radius 1 is 1.05 bits per heavy atom. The topological polar surface area (TPSA) is 49.3 Å². The Hall–Kier alpha value is -2.41. The minimum Gasteiger partial charge on any atom is -0.372 e. The number of benzene rings is 2. The number of hydrogen-bond donors (Lipinski definition) is 2. The number of rotatable bonds is 1. The van der Waals surface area contributed by atoms with Crippen molar-refractivity contribution in [3.8, 4) is 0 Å². The fourth-order valence-corrected chi connectivity index (χ4v) is 2.50. The molecule has 2 aromatic rings.